The van der Waals surface area contributed by atoms with Crippen LogP contribution in [0.25, 0.3) is 10.9 Å². The van der Waals surface area contributed by atoms with E-state index in [-0.39, 0.29) is 0 Å². The Morgan fingerprint density at radius 3 is 2.92 bits per heavy atom. The molecule has 0 saturated heterocycles. The first-order valence-electron chi connectivity index (χ1n) is 3.90. The maximum absolute atomic E-state index is 4.34. The van der Waals surface area contributed by atoms with E-state index in [2.05, 4.69) is 55.0 Å². The van der Waals surface area contributed by atoms with Crippen molar-refractivity contribution >= 4 is 42.8 Å². The SMILES string of the molecule is BrCc1cc(Br)cc2cccnc12. The van der Waals surface area contributed by atoms with Crippen molar-refractivity contribution in [3.05, 3.63) is 40.5 Å². The van der Waals surface area contributed by atoms with Crippen LogP contribution in [0.5, 0.6) is 0 Å². The van der Waals surface area contributed by atoms with Gasteiger partial charge in [-0.3, -0.25) is 4.98 Å². The number of fused-ring (bicyclic) bond motifs is 1. The lowest BCUT2D eigenvalue weighted by atomic mass is 10.1. The monoisotopic (exact) mass is 299 g/mol. The van der Waals surface area contributed by atoms with Crippen LogP contribution in [0.3, 0.4) is 0 Å². The second-order valence-electron chi connectivity index (χ2n) is 2.77. The molecule has 0 aliphatic heterocycles. The molecular formula is C10H7Br2N. The predicted octanol–water partition coefficient (Wildman–Crippen LogP) is 3.89. The average Bonchev–Trinajstić information content (AvgIpc) is 2.16. The van der Waals surface area contributed by atoms with Gasteiger partial charge in [-0.2, -0.15) is 0 Å². The molecule has 1 aromatic heterocycles. The number of nitrogens with zero attached hydrogens (tertiary/aromatic N) is 1. The molecule has 0 amide bonds. The van der Waals surface area contributed by atoms with E-state index >= 15 is 0 Å². The number of benzene rings is 1. The van der Waals surface area contributed by atoms with Crippen LogP contribution in [0.2, 0.25) is 0 Å². The first-order valence-corrected chi connectivity index (χ1v) is 5.82. The lowest BCUT2D eigenvalue weighted by Crippen LogP contribution is -1.85. The Hall–Kier alpha value is -0.410. The zero-order chi connectivity index (χ0) is 9.26. The van der Waals surface area contributed by atoms with E-state index in [1.54, 1.807) is 0 Å². The maximum atomic E-state index is 4.34. The maximum Gasteiger partial charge on any atom is 0.0743 e. The molecule has 0 unspecified atom stereocenters. The first-order chi connectivity index (χ1) is 6.31. The number of halogens is 2. The van der Waals surface area contributed by atoms with Crippen molar-refractivity contribution in [1.29, 1.82) is 0 Å². The Bertz CT molecular complexity index is 440. The van der Waals surface area contributed by atoms with Gasteiger partial charge < -0.3 is 0 Å². The molecule has 0 bridgehead atoms. The van der Waals surface area contributed by atoms with Crippen molar-refractivity contribution in [3.8, 4) is 0 Å². The highest BCUT2D eigenvalue weighted by atomic mass is 79.9. The molecule has 0 spiro atoms. The summed E-state index contributed by atoms with van der Waals surface area (Å²) in [7, 11) is 0. The highest BCUT2D eigenvalue weighted by Crippen LogP contribution is 2.23. The van der Waals surface area contributed by atoms with Gasteiger partial charge in [-0.1, -0.05) is 37.9 Å². The van der Waals surface area contributed by atoms with Crippen molar-refractivity contribution in [3.63, 3.8) is 0 Å². The largest absolute Gasteiger partial charge is 0.256 e. The van der Waals surface area contributed by atoms with E-state index < -0.39 is 0 Å². The molecule has 2 aromatic rings. The molecule has 0 saturated carbocycles. The van der Waals surface area contributed by atoms with Crippen LogP contribution in [0.4, 0.5) is 0 Å². The van der Waals surface area contributed by atoms with Gasteiger partial charge in [-0.05, 0) is 23.8 Å². The van der Waals surface area contributed by atoms with E-state index in [9.17, 15) is 0 Å². The van der Waals surface area contributed by atoms with Crippen molar-refractivity contribution in [2.45, 2.75) is 5.33 Å². The van der Waals surface area contributed by atoms with Crippen LogP contribution < -0.4 is 0 Å². The summed E-state index contributed by atoms with van der Waals surface area (Å²) in [6.07, 6.45) is 1.82. The average molecular weight is 301 g/mol. The van der Waals surface area contributed by atoms with E-state index in [0.717, 1.165) is 15.3 Å². The minimum atomic E-state index is 0.833. The van der Waals surface area contributed by atoms with Gasteiger partial charge in [0.2, 0.25) is 0 Å². The second-order valence-corrected chi connectivity index (χ2v) is 4.25. The van der Waals surface area contributed by atoms with E-state index in [1.165, 1.54) is 10.9 Å². The molecule has 0 N–H and O–H groups in total. The molecule has 13 heavy (non-hydrogen) atoms. The van der Waals surface area contributed by atoms with E-state index in [4.69, 9.17) is 0 Å². The fourth-order valence-corrected chi connectivity index (χ4v) is 2.28. The quantitative estimate of drug-likeness (QED) is 0.728. The standard InChI is InChI=1S/C10H7Br2N/c11-6-8-5-9(12)4-7-2-1-3-13-10(7)8/h1-5H,6H2. The third-order valence-corrected chi connectivity index (χ3v) is 2.95. The summed E-state index contributed by atoms with van der Waals surface area (Å²) in [5, 5.41) is 2.01. The number of aromatic nitrogens is 1. The molecule has 3 heteroatoms. The van der Waals surface area contributed by atoms with Crippen molar-refractivity contribution < 1.29 is 0 Å². The van der Waals surface area contributed by atoms with Gasteiger partial charge >= 0.3 is 0 Å². The lowest BCUT2D eigenvalue weighted by Gasteiger charge is -2.02. The smallest absolute Gasteiger partial charge is 0.0743 e. The Balaban J connectivity index is 2.81. The summed E-state index contributed by atoms with van der Waals surface area (Å²) in [6, 6.07) is 8.19. The summed E-state index contributed by atoms with van der Waals surface area (Å²) in [6.45, 7) is 0. The highest BCUT2D eigenvalue weighted by molar-refractivity contribution is 9.10. The number of pyridine rings is 1. The van der Waals surface area contributed by atoms with Crippen molar-refractivity contribution in [1.82, 2.24) is 4.98 Å². The van der Waals surface area contributed by atoms with E-state index in [1.807, 2.05) is 12.3 Å². The highest BCUT2D eigenvalue weighted by Gasteiger charge is 2.01. The Labute approximate surface area is 93.4 Å². The van der Waals surface area contributed by atoms with Crippen LogP contribution >= 0.6 is 31.9 Å². The Morgan fingerprint density at radius 2 is 2.15 bits per heavy atom. The predicted molar refractivity (Wildman–Crippen MR) is 62.1 cm³/mol. The normalized spacial score (nSPS) is 10.6. The summed E-state index contributed by atoms with van der Waals surface area (Å²) < 4.78 is 1.10. The molecule has 0 atom stereocenters. The zero-order valence-electron chi connectivity index (χ0n) is 6.80. The molecule has 1 heterocycles. The van der Waals surface area contributed by atoms with Gasteiger partial charge in [0, 0.05) is 21.4 Å². The lowest BCUT2D eigenvalue weighted by molar-refractivity contribution is 1.35. The summed E-state index contributed by atoms with van der Waals surface area (Å²) in [5.74, 6) is 0. The topological polar surface area (TPSA) is 12.9 Å². The van der Waals surface area contributed by atoms with Gasteiger partial charge in [-0.25, -0.2) is 0 Å². The summed E-state index contributed by atoms with van der Waals surface area (Å²) in [4.78, 5) is 4.34. The van der Waals surface area contributed by atoms with Gasteiger partial charge in [0.25, 0.3) is 0 Å². The van der Waals surface area contributed by atoms with Crippen LogP contribution in [0, 0.1) is 0 Å². The molecule has 66 valence electrons. The molecule has 0 fully saturated rings. The van der Waals surface area contributed by atoms with Crippen LogP contribution in [0.15, 0.2) is 34.9 Å². The van der Waals surface area contributed by atoms with Crippen LogP contribution in [0.1, 0.15) is 5.56 Å². The fraction of sp³-hybridized carbons (Fsp3) is 0.100. The summed E-state index contributed by atoms with van der Waals surface area (Å²) in [5.41, 5.74) is 2.28. The van der Waals surface area contributed by atoms with Crippen molar-refractivity contribution in [2.75, 3.05) is 0 Å². The minimum absolute atomic E-state index is 0.833. The van der Waals surface area contributed by atoms with Crippen LogP contribution in [-0.4, -0.2) is 4.98 Å². The molecule has 1 aromatic carbocycles. The van der Waals surface area contributed by atoms with Gasteiger partial charge in [0.1, 0.15) is 0 Å². The molecule has 1 nitrogen and oxygen atoms in total. The molecule has 0 aliphatic carbocycles. The van der Waals surface area contributed by atoms with Gasteiger partial charge in [0.05, 0.1) is 5.52 Å². The molecule has 0 radical (unpaired) electrons. The third-order valence-electron chi connectivity index (χ3n) is 1.89. The van der Waals surface area contributed by atoms with Gasteiger partial charge in [-0.15, -0.1) is 0 Å². The molecule has 2 rings (SSSR count). The fourth-order valence-electron chi connectivity index (χ4n) is 1.33. The minimum Gasteiger partial charge on any atom is -0.256 e. The van der Waals surface area contributed by atoms with Crippen molar-refractivity contribution in [2.24, 2.45) is 0 Å². The third kappa shape index (κ3) is 1.76. The Morgan fingerprint density at radius 1 is 1.31 bits per heavy atom. The number of alkyl halides is 1. The summed E-state index contributed by atoms with van der Waals surface area (Å²) >= 11 is 6.93. The molecular weight excluding hydrogens is 294 g/mol. The van der Waals surface area contributed by atoms with E-state index in [0.29, 0.717) is 0 Å². The second kappa shape index (κ2) is 3.76. The zero-order valence-corrected chi connectivity index (χ0v) is 9.97. The number of rotatable bonds is 1. The van der Waals surface area contributed by atoms with Crippen LogP contribution in [-0.2, 0) is 5.33 Å². The molecule has 0 aliphatic rings. The number of hydrogen-bond donors (Lipinski definition) is 0. The number of hydrogen-bond acceptors (Lipinski definition) is 1. The first kappa shape index (κ1) is 9.16. The Kier molecular flexibility index (Phi) is 2.65. The van der Waals surface area contributed by atoms with Gasteiger partial charge in [0.15, 0.2) is 0 Å².